The van der Waals surface area contributed by atoms with Crippen LogP contribution in [0.15, 0.2) is 36.8 Å². The smallest absolute Gasteiger partial charge is 0.119 e. The highest BCUT2D eigenvalue weighted by Gasteiger charge is 2.08. The van der Waals surface area contributed by atoms with E-state index in [9.17, 15) is 0 Å². The van der Waals surface area contributed by atoms with Crippen molar-refractivity contribution in [3.05, 3.63) is 42.4 Å². The van der Waals surface area contributed by atoms with E-state index in [0.717, 1.165) is 36.5 Å². The van der Waals surface area contributed by atoms with Crippen molar-refractivity contribution in [2.45, 2.75) is 97.3 Å². The second-order valence-electron chi connectivity index (χ2n) is 8.06. The lowest BCUT2D eigenvalue weighted by atomic mass is 10.0. The molecule has 160 valence electrons. The molecule has 1 aromatic heterocycles. The molecule has 0 spiro atoms. The minimum Gasteiger partial charge on any atom is -0.494 e. The van der Waals surface area contributed by atoms with Gasteiger partial charge >= 0.3 is 0 Å². The SMILES string of the molecule is CCCCCCCCOc1cccc(-c2ncncc2CCCCCCCC)c1. The molecule has 0 atom stereocenters. The first-order chi connectivity index (χ1) is 14.3. The zero-order chi connectivity index (χ0) is 20.6. The number of hydrogen-bond acceptors (Lipinski definition) is 3. The molecule has 1 heterocycles. The molecular formula is C26H40N2O. The van der Waals surface area contributed by atoms with Crippen molar-refractivity contribution in [3.8, 4) is 17.0 Å². The van der Waals surface area contributed by atoms with Gasteiger partial charge < -0.3 is 4.74 Å². The topological polar surface area (TPSA) is 35.0 Å². The first kappa shape index (κ1) is 23.4. The first-order valence-corrected chi connectivity index (χ1v) is 11.9. The molecule has 0 radical (unpaired) electrons. The molecule has 0 bridgehead atoms. The average Bonchev–Trinajstić information content (AvgIpc) is 2.76. The predicted octanol–water partition coefficient (Wildman–Crippen LogP) is 7.79. The number of ether oxygens (including phenoxy) is 1. The standard InChI is InChI=1S/C26H40N2O/c1-3-5-7-9-11-13-16-24-21-27-22-28-26(24)23-17-15-18-25(20-23)29-19-14-12-10-8-6-4-2/h15,17-18,20-22H,3-14,16,19H2,1-2H3. The summed E-state index contributed by atoms with van der Waals surface area (Å²) in [5.41, 5.74) is 3.43. The fourth-order valence-corrected chi connectivity index (χ4v) is 3.70. The number of unbranched alkanes of at least 4 members (excludes halogenated alkanes) is 10. The van der Waals surface area contributed by atoms with Crippen LogP contribution in [0, 0.1) is 0 Å². The van der Waals surface area contributed by atoms with Gasteiger partial charge in [0.15, 0.2) is 0 Å². The first-order valence-electron chi connectivity index (χ1n) is 11.9. The van der Waals surface area contributed by atoms with Crippen LogP contribution < -0.4 is 4.74 Å². The third-order valence-electron chi connectivity index (χ3n) is 5.46. The molecule has 0 saturated heterocycles. The Bertz CT molecular complexity index is 671. The molecule has 0 aliphatic carbocycles. The lowest BCUT2D eigenvalue weighted by molar-refractivity contribution is 0.304. The van der Waals surface area contributed by atoms with Gasteiger partial charge in [-0.1, -0.05) is 90.2 Å². The summed E-state index contributed by atoms with van der Waals surface area (Å²) in [6.07, 6.45) is 20.2. The summed E-state index contributed by atoms with van der Waals surface area (Å²) in [5.74, 6) is 0.945. The predicted molar refractivity (Wildman–Crippen MR) is 123 cm³/mol. The van der Waals surface area contributed by atoms with Crippen molar-refractivity contribution in [1.29, 1.82) is 0 Å². The third kappa shape index (κ3) is 9.43. The van der Waals surface area contributed by atoms with Crippen LogP contribution in [0.3, 0.4) is 0 Å². The van der Waals surface area contributed by atoms with Gasteiger partial charge in [-0.2, -0.15) is 0 Å². The van der Waals surface area contributed by atoms with E-state index in [-0.39, 0.29) is 0 Å². The molecule has 1 aromatic carbocycles. The highest BCUT2D eigenvalue weighted by atomic mass is 16.5. The average molecular weight is 397 g/mol. The van der Waals surface area contributed by atoms with Crippen LogP contribution in [-0.2, 0) is 6.42 Å². The highest BCUT2D eigenvalue weighted by Crippen LogP contribution is 2.26. The molecule has 0 aliphatic heterocycles. The monoisotopic (exact) mass is 396 g/mol. The lowest BCUT2D eigenvalue weighted by Crippen LogP contribution is -1.99. The molecule has 0 unspecified atom stereocenters. The molecule has 3 heteroatoms. The molecule has 2 rings (SSSR count). The summed E-state index contributed by atoms with van der Waals surface area (Å²) < 4.78 is 6.01. The summed E-state index contributed by atoms with van der Waals surface area (Å²) in [5, 5.41) is 0. The summed E-state index contributed by atoms with van der Waals surface area (Å²) in [7, 11) is 0. The van der Waals surface area contributed by atoms with E-state index in [0.29, 0.717) is 0 Å². The summed E-state index contributed by atoms with van der Waals surface area (Å²) in [6, 6.07) is 8.38. The molecule has 3 nitrogen and oxygen atoms in total. The summed E-state index contributed by atoms with van der Waals surface area (Å²) in [6.45, 7) is 5.32. The second kappa shape index (κ2) is 15.0. The van der Waals surface area contributed by atoms with Crippen LogP contribution in [-0.4, -0.2) is 16.6 Å². The Labute approximate surface area is 178 Å². The quantitative estimate of drug-likeness (QED) is 0.272. The molecule has 29 heavy (non-hydrogen) atoms. The van der Waals surface area contributed by atoms with Crippen molar-refractivity contribution >= 4 is 0 Å². The second-order valence-corrected chi connectivity index (χ2v) is 8.06. The minimum atomic E-state index is 0.796. The van der Waals surface area contributed by atoms with Crippen LogP contribution in [0.2, 0.25) is 0 Å². The maximum absolute atomic E-state index is 6.01. The maximum atomic E-state index is 6.01. The zero-order valence-electron chi connectivity index (χ0n) is 18.7. The Hall–Kier alpha value is -1.90. The fraction of sp³-hybridized carbons (Fsp3) is 0.615. The number of aromatic nitrogens is 2. The van der Waals surface area contributed by atoms with Gasteiger partial charge in [-0.25, -0.2) is 9.97 Å². The number of hydrogen-bond donors (Lipinski definition) is 0. The number of rotatable bonds is 16. The molecule has 0 amide bonds. The molecule has 0 fully saturated rings. The van der Waals surface area contributed by atoms with Gasteiger partial charge in [0.2, 0.25) is 0 Å². The van der Waals surface area contributed by atoms with Crippen molar-refractivity contribution < 1.29 is 4.74 Å². The maximum Gasteiger partial charge on any atom is 0.119 e. The van der Waals surface area contributed by atoms with Crippen LogP contribution in [0.1, 0.15) is 96.5 Å². The van der Waals surface area contributed by atoms with Crippen LogP contribution in [0.25, 0.3) is 11.3 Å². The van der Waals surface area contributed by atoms with Crippen LogP contribution in [0.4, 0.5) is 0 Å². The van der Waals surface area contributed by atoms with Crippen molar-refractivity contribution in [3.63, 3.8) is 0 Å². The van der Waals surface area contributed by atoms with Gasteiger partial charge in [-0.15, -0.1) is 0 Å². The van der Waals surface area contributed by atoms with E-state index < -0.39 is 0 Å². The fourth-order valence-electron chi connectivity index (χ4n) is 3.70. The Kier molecular flexibility index (Phi) is 12.1. The van der Waals surface area contributed by atoms with E-state index in [2.05, 4.69) is 48.1 Å². The van der Waals surface area contributed by atoms with Crippen molar-refractivity contribution in [1.82, 2.24) is 9.97 Å². The van der Waals surface area contributed by atoms with E-state index in [4.69, 9.17) is 4.74 Å². The Morgan fingerprint density at radius 1 is 0.793 bits per heavy atom. The van der Waals surface area contributed by atoms with Gasteiger partial charge in [-0.05, 0) is 37.0 Å². The van der Waals surface area contributed by atoms with Gasteiger partial charge in [0.25, 0.3) is 0 Å². The Balaban J connectivity index is 1.84. The van der Waals surface area contributed by atoms with Crippen LogP contribution >= 0.6 is 0 Å². The molecule has 0 aliphatic rings. The summed E-state index contributed by atoms with van der Waals surface area (Å²) in [4.78, 5) is 8.86. The number of nitrogens with zero attached hydrogens (tertiary/aromatic N) is 2. The third-order valence-corrected chi connectivity index (χ3v) is 5.46. The van der Waals surface area contributed by atoms with Crippen molar-refractivity contribution in [2.24, 2.45) is 0 Å². The van der Waals surface area contributed by atoms with Gasteiger partial charge in [0.05, 0.1) is 12.3 Å². The van der Waals surface area contributed by atoms with Crippen LogP contribution in [0.5, 0.6) is 5.75 Å². The molecule has 0 N–H and O–H groups in total. The zero-order valence-corrected chi connectivity index (χ0v) is 18.7. The number of benzene rings is 1. The largest absolute Gasteiger partial charge is 0.494 e. The van der Waals surface area contributed by atoms with E-state index >= 15 is 0 Å². The molecule has 2 aromatic rings. The normalized spacial score (nSPS) is 11.0. The van der Waals surface area contributed by atoms with Crippen molar-refractivity contribution in [2.75, 3.05) is 6.61 Å². The Morgan fingerprint density at radius 2 is 1.48 bits per heavy atom. The minimum absolute atomic E-state index is 0.796. The van der Waals surface area contributed by atoms with E-state index in [1.165, 1.54) is 76.2 Å². The van der Waals surface area contributed by atoms with Gasteiger partial charge in [-0.3, -0.25) is 0 Å². The van der Waals surface area contributed by atoms with E-state index in [1.807, 2.05) is 6.20 Å². The van der Waals surface area contributed by atoms with E-state index in [1.54, 1.807) is 6.33 Å². The molecular weight excluding hydrogens is 356 g/mol. The number of aryl methyl sites for hydroxylation is 1. The van der Waals surface area contributed by atoms with Gasteiger partial charge in [0, 0.05) is 11.8 Å². The highest BCUT2D eigenvalue weighted by molar-refractivity contribution is 5.64. The lowest BCUT2D eigenvalue weighted by Gasteiger charge is -2.11. The van der Waals surface area contributed by atoms with Gasteiger partial charge in [0.1, 0.15) is 12.1 Å². The Morgan fingerprint density at radius 3 is 2.24 bits per heavy atom. The summed E-state index contributed by atoms with van der Waals surface area (Å²) >= 11 is 0. The molecule has 0 saturated carbocycles.